The molecule has 0 radical (unpaired) electrons. The summed E-state index contributed by atoms with van der Waals surface area (Å²) in [6, 6.07) is 0. The van der Waals surface area contributed by atoms with Crippen LogP contribution in [-0.4, -0.2) is 36.7 Å². The van der Waals surface area contributed by atoms with Gasteiger partial charge in [-0.3, -0.25) is 4.79 Å². The highest BCUT2D eigenvalue weighted by molar-refractivity contribution is 7.92. The molecule has 1 unspecified atom stereocenters. The number of halogens is 1. The maximum atomic E-state index is 11.8. The number of nitrogens with one attached hydrogen (secondary N) is 1. The summed E-state index contributed by atoms with van der Waals surface area (Å²) in [5.41, 5.74) is -0.564. The average Bonchev–Trinajstić information content (AvgIpc) is 2.16. The molecule has 16 heavy (non-hydrogen) atoms. The van der Waals surface area contributed by atoms with E-state index < -0.39 is 26.5 Å². The first-order valence-electron chi connectivity index (χ1n) is 5.38. The number of carbonyl (C=O) groups excluding carboxylic acids is 1. The number of rotatable bonds is 3. The van der Waals surface area contributed by atoms with E-state index in [4.69, 9.17) is 11.6 Å². The molecule has 1 heterocycles. The summed E-state index contributed by atoms with van der Waals surface area (Å²) in [6.07, 6.45) is 1.87. The summed E-state index contributed by atoms with van der Waals surface area (Å²) < 4.78 is 23.4. The van der Waals surface area contributed by atoms with Gasteiger partial charge in [0, 0.05) is 11.4 Å². The third kappa shape index (κ3) is 3.35. The molecule has 0 saturated carbocycles. The minimum Gasteiger partial charge on any atom is -0.349 e. The summed E-state index contributed by atoms with van der Waals surface area (Å²) in [7, 11) is -3.26. The Kier molecular flexibility index (Phi) is 4.23. The third-order valence-electron chi connectivity index (χ3n) is 2.67. The van der Waals surface area contributed by atoms with E-state index >= 15 is 0 Å². The van der Waals surface area contributed by atoms with Crippen molar-refractivity contribution in [3.8, 4) is 0 Å². The Labute approximate surface area is 102 Å². The third-order valence-corrected chi connectivity index (χ3v) is 5.51. The van der Waals surface area contributed by atoms with E-state index in [1.54, 1.807) is 13.8 Å². The topological polar surface area (TPSA) is 63.2 Å². The zero-order valence-electron chi connectivity index (χ0n) is 9.62. The smallest absolute Gasteiger partial charge is 0.238 e. The second-order valence-electron chi connectivity index (χ2n) is 4.86. The van der Waals surface area contributed by atoms with Gasteiger partial charge < -0.3 is 5.32 Å². The molecule has 1 aliphatic heterocycles. The minimum atomic E-state index is -3.26. The van der Waals surface area contributed by atoms with Crippen LogP contribution in [0.2, 0.25) is 0 Å². The molecule has 0 spiro atoms. The normalized spacial score (nSPS) is 25.1. The fraction of sp³-hybridized carbons (Fsp3) is 0.900. The first kappa shape index (κ1) is 13.8. The Morgan fingerprint density at radius 1 is 1.44 bits per heavy atom. The summed E-state index contributed by atoms with van der Waals surface area (Å²) in [4.78, 5) is 11.8. The number of hydrogen-bond donors (Lipinski definition) is 1. The van der Waals surface area contributed by atoms with Gasteiger partial charge in [0.15, 0.2) is 9.84 Å². The fourth-order valence-electron chi connectivity index (χ4n) is 1.70. The van der Waals surface area contributed by atoms with Crippen LogP contribution in [0.4, 0.5) is 0 Å². The maximum absolute atomic E-state index is 11.8. The van der Waals surface area contributed by atoms with Crippen molar-refractivity contribution in [2.24, 2.45) is 0 Å². The molecule has 1 atom stereocenters. The van der Waals surface area contributed by atoms with Crippen LogP contribution >= 0.6 is 11.6 Å². The van der Waals surface area contributed by atoms with Crippen LogP contribution < -0.4 is 5.32 Å². The maximum Gasteiger partial charge on any atom is 0.238 e. The molecule has 0 bridgehead atoms. The van der Waals surface area contributed by atoms with Crippen molar-refractivity contribution in [2.75, 3.05) is 11.6 Å². The van der Waals surface area contributed by atoms with Crippen LogP contribution in [0.5, 0.6) is 0 Å². The average molecular weight is 268 g/mol. The van der Waals surface area contributed by atoms with Gasteiger partial charge in [-0.05, 0) is 26.7 Å². The minimum absolute atomic E-state index is 0.117. The van der Waals surface area contributed by atoms with Crippen LogP contribution in [-0.2, 0) is 14.6 Å². The van der Waals surface area contributed by atoms with Crippen molar-refractivity contribution in [2.45, 2.75) is 43.9 Å². The summed E-state index contributed by atoms with van der Waals surface area (Å²) in [5.74, 6) is -0.0388. The van der Waals surface area contributed by atoms with E-state index in [9.17, 15) is 13.2 Å². The molecule has 1 N–H and O–H groups in total. The second-order valence-corrected chi connectivity index (χ2v) is 7.43. The molecule has 94 valence electrons. The molecule has 6 heteroatoms. The summed E-state index contributed by atoms with van der Waals surface area (Å²) >= 11 is 5.68. The number of carbonyl (C=O) groups is 1. The van der Waals surface area contributed by atoms with E-state index in [-0.39, 0.29) is 11.6 Å². The zero-order valence-corrected chi connectivity index (χ0v) is 11.2. The lowest BCUT2D eigenvalue weighted by Crippen LogP contribution is -2.52. The van der Waals surface area contributed by atoms with E-state index in [1.807, 2.05) is 0 Å². The highest BCUT2D eigenvalue weighted by Gasteiger charge is 2.36. The van der Waals surface area contributed by atoms with Gasteiger partial charge in [-0.15, -0.1) is 11.6 Å². The van der Waals surface area contributed by atoms with Gasteiger partial charge >= 0.3 is 0 Å². The summed E-state index contributed by atoms with van der Waals surface area (Å²) in [5, 5.41) is 1.80. The Morgan fingerprint density at radius 2 is 2.06 bits per heavy atom. The van der Waals surface area contributed by atoms with Gasteiger partial charge in [-0.1, -0.05) is 6.42 Å². The molecule has 4 nitrogen and oxygen atoms in total. The molecule has 0 aromatic carbocycles. The van der Waals surface area contributed by atoms with Crippen molar-refractivity contribution >= 4 is 27.3 Å². The van der Waals surface area contributed by atoms with Crippen LogP contribution in [0, 0.1) is 0 Å². The molecular weight excluding hydrogens is 250 g/mol. The highest BCUT2D eigenvalue weighted by Crippen LogP contribution is 2.20. The predicted molar refractivity (Wildman–Crippen MR) is 64.4 cm³/mol. The Balaban J connectivity index is 2.74. The van der Waals surface area contributed by atoms with Crippen molar-refractivity contribution < 1.29 is 13.2 Å². The Morgan fingerprint density at radius 3 is 2.56 bits per heavy atom. The molecule has 1 amide bonds. The van der Waals surface area contributed by atoms with E-state index in [2.05, 4.69) is 5.32 Å². The lowest BCUT2D eigenvalue weighted by molar-refractivity contribution is -0.122. The number of amides is 1. The molecule has 1 rings (SSSR count). The lowest BCUT2D eigenvalue weighted by Gasteiger charge is -2.28. The van der Waals surface area contributed by atoms with Gasteiger partial charge in [-0.25, -0.2) is 8.42 Å². The van der Waals surface area contributed by atoms with Crippen molar-refractivity contribution in [3.63, 3.8) is 0 Å². The molecule has 1 fully saturated rings. The molecule has 1 saturated heterocycles. The van der Waals surface area contributed by atoms with Gasteiger partial charge in [0.1, 0.15) is 5.25 Å². The highest BCUT2D eigenvalue weighted by atomic mass is 35.5. The van der Waals surface area contributed by atoms with Crippen LogP contribution in [0.25, 0.3) is 0 Å². The number of hydrogen-bond acceptors (Lipinski definition) is 3. The van der Waals surface area contributed by atoms with Crippen molar-refractivity contribution in [1.82, 2.24) is 5.32 Å². The largest absolute Gasteiger partial charge is 0.349 e. The van der Waals surface area contributed by atoms with E-state index in [0.29, 0.717) is 12.8 Å². The lowest BCUT2D eigenvalue weighted by atomic mass is 10.1. The zero-order chi connectivity index (χ0) is 12.4. The Bertz CT molecular complexity index is 364. The molecule has 0 aliphatic carbocycles. The Hall–Kier alpha value is -0.290. The first-order valence-corrected chi connectivity index (χ1v) is 7.63. The van der Waals surface area contributed by atoms with E-state index in [0.717, 1.165) is 6.42 Å². The molecule has 0 aromatic heterocycles. The standard InChI is InChI=1S/C10H18ClNO3S/c1-10(2,7-11)12-9(13)8-5-3-4-6-16(8,14)15/h8H,3-7H2,1-2H3,(H,12,13). The second kappa shape index (κ2) is 4.92. The van der Waals surface area contributed by atoms with E-state index in [1.165, 1.54) is 0 Å². The monoisotopic (exact) mass is 267 g/mol. The van der Waals surface area contributed by atoms with Gasteiger partial charge in [0.2, 0.25) is 5.91 Å². The van der Waals surface area contributed by atoms with Gasteiger partial charge in [-0.2, -0.15) is 0 Å². The van der Waals surface area contributed by atoms with Crippen molar-refractivity contribution in [3.05, 3.63) is 0 Å². The number of sulfone groups is 1. The van der Waals surface area contributed by atoms with Gasteiger partial charge in [0.05, 0.1) is 5.75 Å². The fourth-order valence-corrected chi connectivity index (χ4v) is 3.57. The van der Waals surface area contributed by atoms with Crippen LogP contribution in [0.15, 0.2) is 0 Å². The van der Waals surface area contributed by atoms with Crippen molar-refractivity contribution in [1.29, 1.82) is 0 Å². The molecule has 1 aliphatic rings. The SMILES string of the molecule is CC(C)(CCl)NC(=O)C1CCCCS1(=O)=O. The van der Waals surface area contributed by atoms with Gasteiger partial charge in [0.25, 0.3) is 0 Å². The molecular formula is C10H18ClNO3S. The van der Waals surface area contributed by atoms with Crippen LogP contribution in [0.1, 0.15) is 33.1 Å². The number of alkyl halides is 1. The quantitative estimate of drug-likeness (QED) is 0.779. The predicted octanol–water partition coefficient (Wildman–Crippen LogP) is 1.09. The summed E-state index contributed by atoms with van der Waals surface area (Å²) in [6.45, 7) is 3.54. The van der Waals surface area contributed by atoms with Crippen LogP contribution in [0.3, 0.4) is 0 Å². The molecule has 0 aromatic rings. The first-order chi connectivity index (χ1) is 7.28.